The number of hydrogen-bond donors (Lipinski definition) is 4. The summed E-state index contributed by atoms with van der Waals surface area (Å²) < 4.78 is 24.6. The summed E-state index contributed by atoms with van der Waals surface area (Å²) in [4.78, 5) is 12.0. The van der Waals surface area contributed by atoms with Crippen LogP contribution in [0.4, 0.5) is 21.9 Å². The summed E-state index contributed by atoms with van der Waals surface area (Å²) in [5, 5.41) is 13.1. The molecule has 0 aliphatic rings. The minimum atomic E-state index is -3.32. The van der Waals surface area contributed by atoms with Crippen LogP contribution in [0.25, 0.3) is 10.9 Å². The quantitative estimate of drug-likeness (QED) is 0.581. The zero-order valence-corrected chi connectivity index (χ0v) is 13.5. The van der Waals surface area contributed by atoms with Gasteiger partial charge < -0.3 is 10.6 Å². The first kappa shape index (κ1) is 15.8. The van der Waals surface area contributed by atoms with Crippen molar-refractivity contribution in [3.05, 3.63) is 48.7 Å². The highest BCUT2D eigenvalue weighted by Crippen LogP contribution is 2.18. The van der Waals surface area contributed by atoms with E-state index in [9.17, 15) is 13.2 Å². The lowest BCUT2D eigenvalue weighted by Gasteiger charge is -2.09. The van der Waals surface area contributed by atoms with Crippen LogP contribution in [0.3, 0.4) is 0 Å². The number of carbonyl (C=O) groups is 1. The molecule has 9 heteroatoms. The summed E-state index contributed by atoms with van der Waals surface area (Å²) in [5.41, 5.74) is 2.41. The molecule has 0 saturated heterocycles. The minimum absolute atomic E-state index is 0.405. The first-order valence-corrected chi connectivity index (χ1v) is 8.87. The van der Waals surface area contributed by atoms with Crippen molar-refractivity contribution in [2.45, 2.75) is 0 Å². The number of rotatable bonds is 4. The second-order valence-electron chi connectivity index (χ2n) is 5.20. The number of aromatic amines is 1. The maximum absolute atomic E-state index is 12.0. The van der Waals surface area contributed by atoms with E-state index in [4.69, 9.17) is 0 Å². The third-order valence-corrected chi connectivity index (χ3v) is 3.75. The SMILES string of the molecule is CS(=O)(=O)Nc1ccc(NC(=O)Nc2ccc3cn[nH]c3c2)cc1. The molecule has 2 aromatic carbocycles. The predicted molar refractivity (Wildman–Crippen MR) is 93.6 cm³/mol. The summed E-state index contributed by atoms with van der Waals surface area (Å²) in [5.74, 6) is 0. The van der Waals surface area contributed by atoms with Gasteiger partial charge in [0.05, 0.1) is 18.0 Å². The Morgan fingerprint density at radius 3 is 2.33 bits per heavy atom. The zero-order valence-electron chi connectivity index (χ0n) is 12.7. The molecule has 3 aromatic rings. The Morgan fingerprint density at radius 1 is 1.00 bits per heavy atom. The molecule has 2 amide bonds. The smallest absolute Gasteiger partial charge is 0.308 e. The number of H-pyrrole nitrogens is 1. The largest absolute Gasteiger partial charge is 0.323 e. The fourth-order valence-corrected chi connectivity index (χ4v) is 2.71. The molecule has 24 heavy (non-hydrogen) atoms. The minimum Gasteiger partial charge on any atom is -0.308 e. The van der Waals surface area contributed by atoms with Crippen molar-refractivity contribution < 1.29 is 13.2 Å². The number of nitrogens with zero attached hydrogens (tertiary/aromatic N) is 1. The maximum atomic E-state index is 12.0. The second-order valence-corrected chi connectivity index (χ2v) is 6.95. The van der Waals surface area contributed by atoms with Crippen LogP contribution in [0.1, 0.15) is 0 Å². The van der Waals surface area contributed by atoms with Crippen molar-refractivity contribution in [2.75, 3.05) is 21.6 Å². The highest BCUT2D eigenvalue weighted by molar-refractivity contribution is 7.92. The number of amides is 2. The number of aromatic nitrogens is 2. The van der Waals surface area contributed by atoms with Crippen molar-refractivity contribution >= 4 is 44.0 Å². The van der Waals surface area contributed by atoms with Crippen molar-refractivity contribution in [3.63, 3.8) is 0 Å². The Bertz CT molecular complexity index is 980. The van der Waals surface area contributed by atoms with E-state index < -0.39 is 16.1 Å². The molecule has 3 rings (SSSR count). The molecule has 1 heterocycles. The van der Waals surface area contributed by atoms with E-state index in [0.717, 1.165) is 17.2 Å². The molecule has 0 atom stereocenters. The van der Waals surface area contributed by atoms with E-state index >= 15 is 0 Å². The van der Waals surface area contributed by atoms with Gasteiger partial charge in [0, 0.05) is 22.4 Å². The number of sulfonamides is 1. The summed E-state index contributed by atoms with van der Waals surface area (Å²) in [6.45, 7) is 0. The number of benzene rings is 2. The van der Waals surface area contributed by atoms with Crippen LogP contribution in [0.15, 0.2) is 48.7 Å². The summed E-state index contributed by atoms with van der Waals surface area (Å²) in [6.07, 6.45) is 2.77. The molecule has 4 N–H and O–H groups in total. The number of fused-ring (bicyclic) bond motifs is 1. The predicted octanol–water partition coefficient (Wildman–Crippen LogP) is 2.58. The van der Waals surface area contributed by atoms with Crippen LogP contribution in [-0.4, -0.2) is 30.9 Å². The average molecular weight is 345 g/mol. The van der Waals surface area contributed by atoms with E-state index in [1.165, 1.54) is 0 Å². The third kappa shape index (κ3) is 4.02. The molecule has 1 aromatic heterocycles. The Morgan fingerprint density at radius 2 is 1.62 bits per heavy atom. The number of nitrogens with one attached hydrogen (secondary N) is 4. The highest BCUT2D eigenvalue weighted by Gasteiger charge is 2.05. The molecule has 124 valence electrons. The molecule has 0 saturated carbocycles. The monoisotopic (exact) mass is 345 g/mol. The van der Waals surface area contributed by atoms with Gasteiger partial charge in [-0.15, -0.1) is 0 Å². The molecule has 0 aliphatic carbocycles. The first-order chi connectivity index (χ1) is 11.4. The Balaban J connectivity index is 1.63. The fourth-order valence-electron chi connectivity index (χ4n) is 2.14. The van der Waals surface area contributed by atoms with Crippen LogP contribution >= 0.6 is 0 Å². The fraction of sp³-hybridized carbons (Fsp3) is 0.0667. The van der Waals surface area contributed by atoms with Gasteiger partial charge in [0.1, 0.15) is 0 Å². The van der Waals surface area contributed by atoms with Crippen LogP contribution in [0.2, 0.25) is 0 Å². The lowest BCUT2D eigenvalue weighted by Crippen LogP contribution is -2.19. The molecule has 0 fully saturated rings. The van der Waals surface area contributed by atoms with Gasteiger partial charge in [-0.25, -0.2) is 13.2 Å². The lowest BCUT2D eigenvalue weighted by atomic mass is 10.2. The van der Waals surface area contributed by atoms with Crippen LogP contribution in [-0.2, 0) is 10.0 Å². The summed E-state index contributed by atoms with van der Waals surface area (Å²) >= 11 is 0. The third-order valence-electron chi connectivity index (χ3n) is 3.15. The van der Waals surface area contributed by atoms with Gasteiger partial charge in [-0.1, -0.05) is 0 Å². The van der Waals surface area contributed by atoms with E-state index in [1.807, 2.05) is 6.07 Å². The summed E-state index contributed by atoms with van der Waals surface area (Å²) in [6, 6.07) is 11.3. The van der Waals surface area contributed by atoms with Crippen molar-refractivity contribution in [2.24, 2.45) is 0 Å². The zero-order chi connectivity index (χ0) is 17.2. The molecular weight excluding hydrogens is 330 g/mol. The Hall–Kier alpha value is -3.07. The number of hydrogen-bond acceptors (Lipinski definition) is 4. The molecule has 8 nitrogen and oxygen atoms in total. The van der Waals surface area contributed by atoms with E-state index in [1.54, 1.807) is 42.6 Å². The van der Waals surface area contributed by atoms with Gasteiger partial charge in [-0.05, 0) is 42.5 Å². The molecular formula is C15H15N5O3S. The maximum Gasteiger partial charge on any atom is 0.323 e. The standard InChI is InChI=1S/C15H15N5O3S/c1-24(22,23)20-12-6-4-11(5-7-12)17-15(21)18-13-3-2-10-9-16-19-14(10)8-13/h2-9,20H,1H3,(H,16,19)(H2,17,18,21). The lowest BCUT2D eigenvalue weighted by molar-refractivity contribution is 0.262. The van der Waals surface area contributed by atoms with E-state index in [2.05, 4.69) is 25.6 Å². The van der Waals surface area contributed by atoms with Crippen LogP contribution < -0.4 is 15.4 Å². The van der Waals surface area contributed by atoms with Crippen molar-refractivity contribution in [1.29, 1.82) is 0 Å². The van der Waals surface area contributed by atoms with Gasteiger partial charge >= 0.3 is 6.03 Å². The average Bonchev–Trinajstić information content (AvgIpc) is 2.95. The Kier molecular flexibility index (Phi) is 4.09. The highest BCUT2D eigenvalue weighted by atomic mass is 32.2. The van der Waals surface area contributed by atoms with Gasteiger partial charge in [-0.3, -0.25) is 9.82 Å². The van der Waals surface area contributed by atoms with Crippen LogP contribution in [0, 0.1) is 0 Å². The molecule has 0 bridgehead atoms. The van der Waals surface area contributed by atoms with Gasteiger partial charge in [0.25, 0.3) is 0 Å². The second kappa shape index (κ2) is 6.20. The topological polar surface area (TPSA) is 116 Å². The molecule has 0 spiro atoms. The van der Waals surface area contributed by atoms with Gasteiger partial charge in [0.2, 0.25) is 10.0 Å². The normalized spacial score (nSPS) is 11.2. The molecule has 0 aliphatic heterocycles. The van der Waals surface area contributed by atoms with Crippen molar-refractivity contribution in [3.8, 4) is 0 Å². The van der Waals surface area contributed by atoms with Gasteiger partial charge in [0.15, 0.2) is 0 Å². The molecule has 0 radical (unpaired) electrons. The number of anilines is 3. The molecule has 0 unspecified atom stereocenters. The van der Waals surface area contributed by atoms with E-state index in [0.29, 0.717) is 17.1 Å². The van der Waals surface area contributed by atoms with Crippen molar-refractivity contribution in [1.82, 2.24) is 10.2 Å². The number of urea groups is 1. The number of carbonyl (C=O) groups excluding carboxylic acids is 1. The van der Waals surface area contributed by atoms with Gasteiger partial charge in [-0.2, -0.15) is 5.10 Å². The van der Waals surface area contributed by atoms with Crippen LogP contribution in [0.5, 0.6) is 0 Å². The summed E-state index contributed by atoms with van der Waals surface area (Å²) in [7, 11) is -3.32. The first-order valence-electron chi connectivity index (χ1n) is 6.98. The van der Waals surface area contributed by atoms with E-state index in [-0.39, 0.29) is 0 Å². The Labute approximate surface area is 138 Å².